The van der Waals surface area contributed by atoms with Crippen LogP contribution in [0.3, 0.4) is 0 Å². The molecule has 1 heterocycles. The minimum absolute atomic E-state index is 0.206. The highest BCUT2D eigenvalue weighted by Crippen LogP contribution is 2.26. The van der Waals surface area contributed by atoms with E-state index in [9.17, 15) is 4.79 Å². The van der Waals surface area contributed by atoms with Crippen LogP contribution < -0.4 is 0 Å². The maximum absolute atomic E-state index is 11.8. The van der Waals surface area contributed by atoms with Crippen LogP contribution in [0.15, 0.2) is 6.20 Å². The van der Waals surface area contributed by atoms with Gasteiger partial charge in [-0.25, -0.2) is 9.97 Å². The summed E-state index contributed by atoms with van der Waals surface area (Å²) in [5, 5.41) is 0. The smallest absolute Gasteiger partial charge is 0.166 e. The molecule has 0 unspecified atom stereocenters. The van der Waals surface area contributed by atoms with E-state index in [2.05, 4.69) is 30.7 Å². The molecule has 0 aliphatic heterocycles. The summed E-state index contributed by atoms with van der Waals surface area (Å²) < 4.78 is 0.214. The third-order valence-electron chi connectivity index (χ3n) is 2.92. The topological polar surface area (TPSA) is 42.9 Å². The molecule has 4 heteroatoms. The Bertz CT molecular complexity index is 452. The number of ketones is 1. The molecule has 1 aromatic rings. The number of thioether (sulfide) groups is 1. The van der Waals surface area contributed by atoms with Crippen LogP contribution in [0.4, 0.5) is 0 Å². The molecule has 1 aromatic heterocycles. The van der Waals surface area contributed by atoms with Crippen LogP contribution >= 0.6 is 11.8 Å². The number of fused-ring (bicyclic) bond motifs is 1. The van der Waals surface area contributed by atoms with E-state index in [1.54, 1.807) is 6.20 Å². The highest BCUT2D eigenvalue weighted by Gasteiger charge is 2.18. The van der Waals surface area contributed by atoms with Crippen molar-refractivity contribution in [2.24, 2.45) is 0 Å². The lowest BCUT2D eigenvalue weighted by molar-refractivity contribution is 0.0981. The van der Waals surface area contributed by atoms with E-state index in [1.165, 1.54) is 0 Å². The summed E-state index contributed by atoms with van der Waals surface area (Å²) in [5.41, 5.74) is 1.70. The van der Waals surface area contributed by atoms with Gasteiger partial charge in [0.25, 0.3) is 0 Å². The van der Waals surface area contributed by atoms with Crippen molar-refractivity contribution >= 4 is 17.5 Å². The Morgan fingerprint density at radius 3 is 2.72 bits per heavy atom. The molecule has 1 aliphatic carbocycles. The summed E-state index contributed by atoms with van der Waals surface area (Å²) in [4.78, 5) is 20.8. The maximum Gasteiger partial charge on any atom is 0.166 e. The van der Waals surface area contributed by atoms with Crippen molar-refractivity contribution in [1.82, 2.24) is 9.97 Å². The van der Waals surface area contributed by atoms with E-state index in [1.807, 2.05) is 11.8 Å². The summed E-state index contributed by atoms with van der Waals surface area (Å²) in [6.07, 6.45) is 5.32. The lowest BCUT2D eigenvalue weighted by Gasteiger charge is -2.17. The Morgan fingerprint density at radius 2 is 2.00 bits per heavy atom. The summed E-state index contributed by atoms with van der Waals surface area (Å²) in [6.45, 7) is 6.56. The quantitative estimate of drug-likeness (QED) is 0.768. The van der Waals surface area contributed by atoms with E-state index in [0.29, 0.717) is 6.42 Å². The van der Waals surface area contributed by atoms with Crippen LogP contribution in [0, 0.1) is 0 Å². The Labute approximate surface area is 113 Å². The normalized spacial score (nSPS) is 16.3. The second-order valence-electron chi connectivity index (χ2n) is 5.68. The van der Waals surface area contributed by atoms with Gasteiger partial charge in [-0.2, -0.15) is 0 Å². The highest BCUT2D eigenvalue weighted by atomic mass is 32.2. The summed E-state index contributed by atoms with van der Waals surface area (Å²) in [6, 6.07) is 0. The number of hydrogen-bond acceptors (Lipinski definition) is 4. The zero-order valence-corrected chi connectivity index (χ0v) is 12.1. The number of rotatable bonds is 2. The number of aryl methyl sites for hydroxylation is 1. The molecular weight excluding hydrogens is 244 g/mol. The second kappa shape index (κ2) is 5.39. The van der Waals surface area contributed by atoms with Crippen molar-refractivity contribution in [3.05, 3.63) is 23.3 Å². The van der Waals surface area contributed by atoms with Gasteiger partial charge in [0.15, 0.2) is 5.78 Å². The van der Waals surface area contributed by atoms with Gasteiger partial charge in [0.1, 0.15) is 5.82 Å². The van der Waals surface area contributed by atoms with Crippen molar-refractivity contribution in [2.45, 2.75) is 57.0 Å². The van der Waals surface area contributed by atoms with Gasteiger partial charge in [-0.05, 0) is 19.3 Å². The van der Waals surface area contributed by atoms with E-state index in [4.69, 9.17) is 0 Å². The summed E-state index contributed by atoms with van der Waals surface area (Å²) in [5.74, 6) is 1.87. The van der Waals surface area contributed by atoms with Gasteiger partial charge in [-0.1, -0.05) is 20.8 Å². The number of aromatic nitrogens is 2. The zero-order chi connectivity index (χ0) is 13.2. The monoisotopic (exact) mass is 264 g/mol. The average Bonchev–Trinajstić information content (AvgIpc) is 2.48. The van der Waals surface area contributed by atoms with Crippen LogP contribution in [0.5, 0.6) is 0 Å². The molecule has 0 bridgehead atoms. The van der Waals surface area contributed by atoms with E-state index in [0.717, 1.165) is 42.1 Å². The Kier molecular flexibility index (Phi) is 4.05. The molecule has 0 fully saturated rings. The summed E-state index contributed by atoms with van der Waals surface area (Å²) in [7, 11) is 0. The third kappa shape index (κ3) is 3.55. The van der Waals surface area contributed by atoms with Crippen molar-refractivity contribution in [1.29, 1.82) is 0 Å². The highest BCUT2D eigenvalue weighted by molar-refractivity contribution is 7.99. The SMILES string of the molecule is CC(C)(C)SCc1ncc2c(n1)CCCCC2=O. The van der Waals surface area contributed by atoms with Crippen molar-refractivity contribution in [2.75, 3.05) is 0 Å². The van der Waals surface area contributed by atoms with E-state index >= 15 is 0 Å². The molecule has 0 saturated carbocycles. The van der Waals surface area contributed by atoms with E-state index < -0.39 is 0 Å². The molecule has 0 spiro atoms. The largest absolute Gasteiger partial charge is 0.294 e. The molecule has 1 aliphatic rings. The minimum atomic E-state index is 0.206. The van der Waals surface area contributed by atoms with Crippen LogP contribution in [0.2, 0.25) is 0 Å². The second-order valence-corrected chi connectivity index (χ2v) is 7.48. The fourth-order valence-electron chi connectivity index (χ4n) is 1.95. The van der Waals surface area contributed by atoms with Gasteiger partial charge in [0.05, 0.1) is 17.0 Å². The molecule has 0 saturated heterocycles. The number of carbonyl (C=O) groups excluding carboxylic acids is 1. The first-order chi connectivity index (χ1) is 8.46. The molecule has 0 aromatic carbocycles. The maximum atomic E-state index is 11.8. The first-order valence-corrected chi connectivity index (χ1v) is 7.46. The number of Topliss-reactive ketones (excluding diaryl/α,β-unsaturated/α-hetero) is 1. The first-order valence-electron chi connectivity index (χ1n) is 6.48. The lowest BCUT2D eigenvalue weighted by atomic mass is 10.1. The van der Waals surface area contributed by atoms with Gasteiger partial charge in [0.2, 0.25) is 0 Å². The Hall–Kier alpha value is -0.900. The minimum Gasteiger partial charge on any atom is -0.294 e. The molecule has 0 atom stereocenters. The Morgan fingerprint density at radius 1 is 1.28 bits per heavy atom. The third-order valence-corrected chi connectivity index (χ3v) is 4.19. The van der Waals surface area contributed by atoms with Crippen molar-refractivity contribution in [3.63, 3.8) is 0 Å². The molecule has 2 rings (SSSR count). The van der Waals surface area contributed by atoms with Crippen LogP contribution in [-0.4, -0.2) is 20.5 Å². The standard InChI is InChI=1S/C14H20N2OS/c1-14(2,3)18-9-13-15-8-10-11(16-13)6-4-5-7-12(10)17/h8H,4-7,9H2,1-3H3. The molecular formula is C14H20N2OS. The molecule has 18 heavy (non-hydrogen) atoms. The predicted octanol–water partition coefficient (Wildman–Crippen LogP) is 3.42. The van der Waals surface area contributed by atoms with Gasteiger partial charge in [-0.15, -0.1) is 11.8 Å². The zero-order valence-electron chi connectivity index (χ0n) is 11.3. The molecule has 3 nitrogen and oxygen atoms in total. The molecule has 0 N–H and O–H groups in total. The average molecular weight is 264 g/mol. The van der Waals surface area contributed by atoms with Crippen molar-refractivity contribution < 1.29 is 4.79 Å². The van der Waals surface area contributed by atoms with Gasteiger partial charge in [-0.3, -0.25) is 4.79 Å². The number of hydrogen-bond donors (Lipinski definition) is 0. The van der Waals surface area contributed by atoms with Gasteiger partial charge >= 0.3 is 0 Å². The van der Waals surface area contributed by atoms with Crippen LogP contribution in [0.1, 0.15) is 61.9 Å². The lowest BCUT2D eigenvalue weighted by Crippen LogP contribution is -2.10. The first kappa shape index (κ1) is 13.5. The van der Waals surface area contributed by atoms with Gasteiger partial charge in [0, 0.05) is 17.4 Å². The fourth-order valence-corrected chi connectivity index (χ4v) is 2.65. The summed E-state index contributed by atoms with van der Waals surface area (Å²) >= 11 is 1.83. The molecule has 0 radical (unpaired) electrons. The van der Waals surface area contributed by atoms with Crippen LogP contribution in [0.25, 0.3) is 0 Å². The Balaban J connectivity index is 2.16. The molecule has 0 amide bonds. The van der Waals surface area contributed by atoms with Crippen LogP contribution in [-0.2, 0) is 12.2 Å². The number of nitrogens with zero attached hydrogens (tertiary/aromatic N) is 2. The predicted molar refractivity (Wildman–Crippen MR) is 75.0 cm³/mol. The number of carbonyl (C=O) groups is 1. The fraction of sp³-hybridized carbons (Fsp3) is 0.643. The van der Waals surface area contributed by atoms with Crippen molar-refractivity contribution in [3.8, 4) is 0 Å². The molecule has 98 valence electrons. The van der Waals surface area contributed by atoms with E-state index in [-0.39, 0.29) is 10.5 Å². The van der Waals surface area contributed by atoms with Gasteiger partial charge < -0.3 is 0 Å².